The quantitative estimate of drug-likeness (QED) is 0.220. The summed E-state index contributed by atoms with van der Waals surface area (Å²) in [5, 5.41) is 10.8. The maximum Gasteiger partial charge on any atom is 0.266 e. The summed E-state index contributed by atoms with van der Waals surface area (Å²) in [6.45, 7) is 5.36. The molecular weight excluding hydrogens is 514 g/mol. The Morgan fingerprint density at radius 1 is 1.05 bits per heavy atom. The van der Waals surface area contributed by atoms with E-state index in [0.29, 0.717) is 36.0 Å². The number of allylic oxidation sites excluding steroid dienone is 2. The van der Waals surface area contributed by atoms with E-state index >= 15 is 0 Å². The third-order valence-electron chi connectivity index (χ3n) is 5.87. The molecule has 0 unspecified atom stereocenters. The molecule has 0 radical (unpaired) electrons. The van der Waals surface area contributed by atoms with Crippen LogP contribution in [-0.4, -0.2) is 39.5 Å². The van der Waals surface area contributed by atoms with Crippen LogP contribution in [0.15, 0.2) is 52.8 Å². The average molecular weight is 548 g/mol. The molecule has 2 N–H and O–H groups in total. The lowest BCUT2D eigenvalue weighted by atomic mass is 10.2. The van der Waals surface area contributed by atoms with Crippen molar-refractivity contribution in [2.24, 2.45) is 0 Å². The first-order valence-corrected chi connectivity index (χ1v) is 14.4. The predicted molar refractivity (Wildman–Crippen MR) is 147 cm³/mol. The van der Waals surface area contributed by atoms with Crippen molar-refractivity contribution in [2.45, 2.75) is 59.0 Å². The van der Waals surface area contributed by atoms with Crippen LogP contribution in [0.1, 0.15) is 51.5 Å². The highest BCUT2D eigenvalue weighted by molar-refractivity contribution is 7.85. The number of hydrogen-bond donors (Lipinski definition) is 2. The second kappa shape index (κ2) is 12.9. The van der Waals surface area contributed by atoms with E-state index in [1.807, 2.05) is 32.0 Å². The van der Waals surface area contributed by atoms with Crippen molar-refractivity contribution >= 4 is 34.1 Å². The molecule has 1 aromatic heterocycles. The van der Waals surface area contributed by atoms with Gasteiger partial charge in [0.1, 0.15) is 5.56 Å². The number of aromatic hydroxyl groups is 1. The van der Waals surface area contributed by atoms with Crippen LogP contribution in [-0.2, 0) is 23.2 Å². The Morgan fingerprint density at radius 3 is 2.41 bits per heavy atom. The van der Waals surface area contributed by atoms with Gasteiger partial charge in [-0.25, -0.2) is 0 Å². The molecule has 0 atom stereocenters. The Bertz CT molecular complexity index is 1430. The zero-order valence-corrected chi connectivity index (χ0v) is 22.7. The van der Waals surface area contributed by atoms with E-state index in [-0.39, 0.29) is 29.2 Å². The molecule has 0 spiro atoms. The van der Waals surface area contributed by atoms with E-state index in [9.17, 15) is 18.3 Å². The van der Waals surface area contributed by atoms with Crippen LogP contribution >= 0.6 is 12.2 Å². The maximum absolute atomic E-state index is 13.1. The van der Waals surface area contributed by atoms with E-state index < -0.39 is 10.1 Å². The van der Waals surface area contributed by atoms with Gasteiger partial charge >= 0.3 is 0 Å². The van der Waals surface area contributed by atoms with Gasteiger partial charge in [-0.2, -0.15) is 8.42 Å². The number of anilines is 1. The fraction of sp³-hybridized carbons (Fsp3) is 0.423. The minimum Gasteiger partial charge on any atom is -0.494 e. The highest BCUT2D eigenvalue weighted by atomic mass is 32.2. The fourth-order valence-corrected chi connectivity index (χ4v) is 4.78. The summed E-state index contributed by atoms with van der Waals surface area (Å²) in [4.78, 5) is 14.9. The molecule has 0 saturated carbocycles. The molecule has 0 amide bonds. The highest BCUT2D eigenvalue weighted by Gasteiger charge is 2.25. The van der Waals surface area contributed by atoms with Gasteiger partial charge < -0.3 is 14.7 Å². The van der Waals surface area contributed by atoms with Crippen LogP contribution < -0.4 is 15.2 Å². The van der Waals surface area contributed by atoms with Gasteiger partial charge in [0.15, 0.2) is 10.5 Å². The zero-order valence-electron chi connectivity index (χ0n) is 21.1. The number of unbranched alkanes of at least 4 members (excludes halogenated alkanes) is 2. The zero-order chi connectivity index (χ0) is 27.0. The van der Waals surface area contributed by atoms with Gasteiger partial charge in [0.05, 0.1) is 11.4 Å². The van der Waals surface area contributed by atoms with Crippen molar-refractivity contribution in [1.82, 2.24) is 9.13 Å². The number of nitrogens with zero attached hydrogens (tertiary/aromatic N) is 3. The van der Waals surface area contributed by atoms with Crippen molar-refractivity contribution in [3.8, 4) is 11.6 Å². The maximum atomic E-state index is 13.1. The van der Waals surface area contributed by atoms with E-state index in [1.165, 1.54) is 10.6 Å². The molecule has 1 aliphatic rings. The molecule has 9 nitrogen and oxygen atoms in total. The third kappa shape index (κ3) is 7.23. The van der Waals surface area contributed by atoms with Gasteiger partial charge in [0, 0.05) is 25.7 Å². The largest absolute Gasteiger partial charge is 0.494 e. The number of ether oxygens (including phenoxy) is 1. The molecule has 1 aliphatic heterocycles. The monoisotopic (exact) mass is 547 g/mol. The minimum absolute atomic E-state index is 0.107. The van der Waals surface area contributed by atoms with E-state index in [2.05, 4.69) is 5.73 Å². The van der Waals surface area contributed by atoms with Crippen molar-refractivity contribution in [1.29, 1.82) is 0 Å². The molecule has 3 rings (SSSR count). The van der Waals surface area contributed by atoms with Crippen molar-refractivity contribution in [3.63, 3.8) is 0 Å². The standard InChI is InChI=1S/C26H33N3O6S2/c1-3-5-16-28-24(30)20(25(31)29(26(28)36)17-6-4-2)12-7-10-15-23-27(18-11-19-37(32,33)34)21-13-8-9-14-22(21)35-23/h8-10,12-15,30H,3-6,11,16-19H2,1-2H3,(H,32,33,34). The average Bonchev–Trinajstić information content (AvgIpc) is 3.20. The summed E-state index contributed by atoms with van der Waals surface area (Å²) in [5.74, 6) is 0.518. The number of fused-ring (bicyclic) bond motifs is 1. The van der Waals surface area contributed by atoms with Crippen LogP contribution in [0.3, 0.4) is 0 Å². The van der Waals surface area contributed by atoms with Crippen LogP contribution in [0.5, 0.6) is 11.6 Å². The van der Waals surface area contributed by atoms with Crippen molar-refractivity contribution in [2.75, 3.05) is 17.2 Å². The number of rotatable bonds is 12. The Hall–Kier alpha value is -3.11. The number of aromatic nitrogens is 2. The van der Waals surface area contributed by atoms with Gasteiger partial charge in [0.25, 0.3) is 15.7 Å². The van der Waals surface area contributed by atoms with Crippen molar-refractivity contribution < 1.29 is 22.8 Å². The normalized spacial score (nSPS) is 13.8. The first-order valence-electron chi connectivity index (χ1n) is 12.4. The minimum atomic E-state index is -4.07. The lowest BCUT2D eigenvalue weighted by molar-refractivity contribution is 0.387. The number of para-hydroxylation sites is 2. The number of hydrogen-bond acceptors (Lipinski definition) is 7. The van der Waals surface area contributed by atoms with E-state index in [4.69, 9.17) is 21.5 Å². The van der Waals surface area contributed by atoms with E-state index in [0.717, 1.165) is 31.4 Å². The molecular formula is C26H33N3O6S2. The topological polar surface area (TPSA) is 114 Å². The SMILES string of the molecule is CCCCn1c(O)c(C=C=CC=C2Oc3ccccc3N2CCCS(=O)(=O)O)c(=O)n(CCCC)c1=S. The lowest BCUT2D eigenvalue weighted by Gasteiger charge is -2.17. The second-order valence-electron chi connectivity index (χ2n) is 8.68. The molecule has 200 valence electrons. The smallest absolute Gasteiger partial charge is 0.266 e. The summed E-state index contributed by atoms with van der Waals surface area (Å²) in [6.07, 6.45) is 8.25. The first-order chi connectivity index (χ1) is 17.7. The Morgan fingerprint density at radius 2 is 1.73 bits per heavy atom. The van der Waals surface area contributed by atoms with Gasteiger partial charge in [0.2, 0.25) is 11.8 Å². The fourth-order valence-electron chi connectivity index (χ4n) is 3.93. The Kier molecular flexibility index (Phi) is 9.93. The van der Waals surface area contributed by atoms with Gasteiger partial charge in [-0.15, -0.1) is 5.73 Å². The van der Waals surface area contributed by atoms with Gasteiger partial charge in [-0.05, 0) is 55.8 Å². The summed E-state index contributed by atoms with van der Waals surface area (Å²) >= 11 is 5.51. The molecule has 0 aliphatic carbocycles. The van der Waals surface area contributed by atoms with Crippen molar-refractivity contribution in [3.05, 3.63) is 68.7 Å². The van der Waals surface area contributed by atoms with E-state index in [1.54, 1.807) is 27.7 Å². The molecule has 37 heavy (non-hydrogen) atoms. The third-order valence-corrected chi connectivity index (χ3v) is 7.12. The molecule has 0 saturated heterocycles. The van der Waals surface area contributed by atoms with Crippen LogP contribution in [0.25, 0.3) is 6.08 Å². The summed E-state index contributed by atoms with van der Waals surface area (Å²) in [6, 6.07) is 7.33. The number of benzene rings is 1. The Balaban J connectivity index is 1.94. The summed E-state index contributed by atoms with van der Waals surface area (Å²) < 4.78 is 40.7. The van der Waals surface area contributed by atoms with Crippen LogP contribution in [0.4, 0.5) is 5.69 Å². The second-order valence-corrected chi connectivity index (χ2v) is 10.6. The highest BCUT2D eigenvalue weighted by Crippen LogP contribution is 2.38. The lowest BCUT2D eigenvalue weighted by Crippen LogP contribution is -2.27. The molecule has 1 aromatic carbocycles. The predicted octanol–water partition coefficient (Wildman–Crippen LogP) is 4.87. The molecule has 2 heterocycles. The molecule has 0 fully saturated rings. The van der Waals surface area contributed by atoms with Crippen LogP contribution in [0.2, 0.25) is 0 Å². The van der Waals surface area contributed by atoms with Crippen LogP contribution in [0, 0.1) is 4.77 Å². The first kappa shape index (κ1) is 28.5. The molecule has 11 heteroatoms. The van der Waals surface area contributed by atoms with Gasteiger partial charge in [-0.3, -0.25) is 18.5 Å². The molecule has 2 aromatic rings. The Labute approximate surface area is 222 Å². The van der Waals surface area contributed by atoms with Gasteiger partial charge in [-0.1, -0.05) is 38.8 Å². The summed E-state index contributed by atoms with van der Waals surface area (Å²) in [5.41, 5.74) is 3.45. The summed E-state index contributed by atoms with van der Waals surface area (Å²) in [7, 11) is -4.07. The molecule has 0 bridgehead atoms.